The third kappa shape index (κ3) is 4.67. The maximum Gasteiger partial charge on any atom is 0.335 e. The molecular formula is C31H22N2O4S. The average Bonchev–Trinajstić information content (AvgIpc) is 3.62. The monoisotopic (exact) mass is 518 g/mol. The van der Waals surface area contributed by atoms with Crippen LogP contribution in [0.3, 0.4) is 0 Å². The number of carboxylic acid groups (broad SMARTS) is 1. The van der Waals surface area contributed by atoms with Crippen LogP contribution < -0.4 is 5.32 Å². The van der Waals surface area contributed by atoms with Gasteiger partial charge >= 0.3 is 5.97 Å². The quantitative estimate of drug-likeness (QED) is 0.239. The van der Waals surface area contributed by atoms with E-state index in [4.69, 9.17) is 9.63 Å². The lowest BCUT2D eigenvalue weighted by molar-refractivity contribution is 0.0696. The van der Waals surface area contributed by atoms with Crippen molar-refractivity contribution in [2.45, 2.75) is 13.0 Å². The van der Waals surface area contributed by atoms with Crippen LogP contribution in [0.4, 0.5) is 0 Å². The van der Waals surface area contributed by atoms with Gasteiger partial charge in [0.15, 0.2) is 5.58 Å². The van der Waals surface area contributed by atoms with Gasteiger partial charge in [-0.25, -0.2) is 4.79 Å². The topological polar surface area (TPSA) is 92.4 Å². The molecule has 0 fully saturated rings. The molecule has 0 bridgehead atoms. The molecule has 0 atom stereocenters. The molecule has 0 saturated carbocycles. The van der Waals surface area contributed by atoms with Crippen molar-refractivity contribution in [1.82, 2.24) is 10.5 Å². The molecule has 0 radical (unpaired) electrons. The molecule has 1 amide bonds. The molecule has 0 aliphatic heterocycles. The number of hydrogen-bond acceptors (Lipinski definition) is 5. The zero-order chi connectivity index (χ0) is 26.1. The largest absolute Gasteiger partial charge is 0.478 e. The van der Waals surface area contributed by atoms with E-state index >= 15 is 0 Å². The van der Waals surface area contributed by atoms with Gasteiger partial charge in [-0.15, -0.1) is 11.3 Å². The van der Waals surface area contributed by atoms with Crippen molar-refractivity contribution < 1.29 is 19.2 Å². The lowest BCUT2D eigenvalue weighted by atomic mass is 9.98. The number of rotatable bonds is 7. The number of carboxylic acids is 1. The first-order valence-corrected chi connectivity index (χ1v) is 13.0. The molecule has 38 heavy (non-hydrogen) atoms. The Bertz CT molecular complexity index is 1790. The number of thiophene rings is 1. The number of aromatic nitrogens is 1. The summed E-state index contributed by atoms with van der Waals surface area (Å²) in [4.78, 5) is 25.7. The summed E-state index contributed by atoms with van der Waals surface area (Å²) in [5, 5.41) is 21.5. The van der Waals surface area contributed by atoms with E-state index in [0.717, 1.165) is 27.0 Å². The summed E-state index contributed by atoms with van der Waals surface area (Å²) < 4.78 is 5.76. The van der Waals surface area contributed by atoms with Crippen molar-refractivity contribution >= 4 is 45.0 Å². The highest BCUT2D eigenvalue weighted by Crippen LogP contribution is 2.33. The highest BCUT2D eigenvalue weighted by atomic mass is 32.1. The smallest absolute Gasteiger partial charge is 0.335 e. The molecule has 0 aliphatic rings. The SMILES string of the molecule is O=C(O)c1ccc(CNC(=O)c2cc(-c3cccs3)cc3onc(Cc4ccc5ccccc5c4)c23)cc1. The summed E-state index contributed by atoms with van der Waals surface area (Å²) >= 11 is 1.59. The normalized spacial score (nSPS) is 11.2. The Kier molecular flexibility index (Phi) is 6.19. The van der Waals surface area contributed by atoms with Crippen LogP contribution in [0, 0.1) is 0 Å². The summed E-state index contributed by atoms with van der Waals surface area (Å²) in [7, 11) is 0. The molecule has 6 aromatic rings. The van der Waals surface area contributed by atoms with Gasteiger partial charge in [0.2, 0.25) is 0 Å². The number of aromatic carboxylic acids is 1. The molecule has 2 heterocycles. The van der Waals surface area contributed by atoms with Crippen molar-refractivity contribution in [2.24, 2.45) is 0 Å². The molecule has 186 valence electrons. The van der Waals surface area contributed by atoms with Crippen LogP contribution in [0.2, 0.25) is 0 Å². The van der Waals surface area contributed by atoms with E-state index in [0.29, 0.717) is 28.6 Å². The second kappa shape index (κ2) is 9.95. The van der Waals surface area contributed by atoms with Gasteiger partial charge < -0.3 is 14.9 Å². The van der Waals surface area contributed by atoms with Crippen LogP contribution in [-0.4, -0.2) is 22.1 Å². The Hall–Kier alpha value is -4.75. The molecule has 2 aromatic heterocycles. The zero-order valence-electron chi connectivity index (χ0n) is 20.2. The lowest BCUT2D eigenvalue weighted by Gasteiger charge is -2.10. The second-order valence-electron chi connectivity index (χ2n) is 9.05. The third-order valence-electron chi connectivity index (χ3n) is 6.53. The van der Waals surface area contributed by atoms with Gasteiger partial charge in [0.25, 0.3) is 5.91 Å². The van der Waals surface area contributed by atoms with Gasteiger partial charge in [-0.2, -0.15) is 0 Å². The van der Waals surface area contributed by atoms with E-state index in [2.05, 4.69) is 40.8 Å². The molecule has 0 aliphatic carbocycles. The highest BCUT2D eigenvalue weighted by molar-refractivity contribution is 7.13. The van der Waals surface area contributed by atoms with Gasteiger partial charge in [0.1, 0.15) is 0 Å². The summed E-state index contributed by atoms with van der Waals surface area (Å²) in [5.74, 6) is -1.24. The fraction of sp³-hybridized carbons (Fsp3) is 0.0645. The fourth-order valence-corrected chi connectivity index (χ4v) is 5.32. The number of benzene rings is 4. The van der Waals surface area contributed by atoms with Gasteiger partial charge in [0, 0.05) is 17.8 Å². The molecule has 2 N–H and O–H groups in total. The Morgan fingerprint density at radius 3 is 2.42 bits per heavy atom. The summed E-state index contributed by atoms with van der Waals surface area (Å²) in [6.45, 7) is 0.259. The minimum absolute atomic E-state index is 0.202. The van der Waals surface area contributed by atoms with Gasteiger partial charge in [-0.3, -0.25) is 4.79 Å². The number of amides is 1. The second-order valence-corrected chi connectivity index (χ2v) is 9.99. The van der Waals surface area contributed by atoms with E-state index in [-0.39, 0.29) is 18.0 Å². The average molecular weight is 519 g/mol. The van der Waals surface area contributed by atoms with Crippen LogP contribution in [0.1, 0.15) is 37.5 Å². The molecule has 0 unspecified atom stereocenters. The van der Waals surface area contributed by atoms with E-state index in [1.54, 1.807) is 23.5 Å². The minimum Gasteiger partial charge on any atom is -0.478 e. The Morgan fingerprint density at radius 1 is 0.868 bits per heavy atom. The van der Waals surface area contributed by atoms with Crippen LogP contribution in [0.15, 0.2) is 101 Å². The predicted octanol–water partition coefficient (Wildman–Crippen LogP) is 6.93. The number of nitrogens with zero attached hydrogens (tertiary/aromatic N) is 1. The number of carbonyl (C=O) groups excluding carboxylic acids is 1. The van der Waals surface area contributed by atoms with Crippen molar-refractivity contribution in [2.75, 3.05) is 0 Å². The van der Waals surface area contributed by atoms with E-state index in [9.17, 15) is 9.59 Å². The minimum atomic E-state index is -0.986. The Labute approximate surface area is 222 Å². The van der Waals surface area contributed by atoms with Crippen LogP contribution >= 0.6 is 11.3 Å². The van der Waals surface area contributed by atoms with Crippen molar-refractivity contribution in [3.05, 3.63) is 124 Å². The number of nitrogens with one attached hydrogen (secondary N) is 1. The van der Waals surface area contributed by atoms with Crippen LogP contribution in [0.25, 0.3) is 32.2 Å². The van der Waals surface area contributed by atoms with E-state index in [1.807, 2.05) is 41.8 Å². The van der Waals surface area contributed by atoms with Crippen LogP contribution in [0.5, 0.6) is 0 Å². The zero-order valence-corrected chi connectivity index (χ0v) is 21.0. The number of carbonyl (C=O) groups is 2. The highest BCUT2D eigenvalue weighted by Gasteiger charge is 2.20. The van der Waals surface area contributed by atoms with Gasteiger partial charge in [0.05, 0.1) is 22.2 Å². The first-order chi connectivity index (χ1) is 18.5. The fourth-order valence-electron chi connectivity index (χ4n) is 4.60. The van der Waals surface area contributed by atoms with Gasteiger partial charge in [-0.05, 0) is 63.2 Å². The maximum atomic E-state index is 13.5. The third-order valence-corrected chi connectivity index (χ3v) is 7.45. The Balaban J connectivity index is 1.35. The lowest BCUT2D eigenvalue weighted by Crippen LogP contribution is -2.23. The predicted molar refractivity (Wildman–Crippen MR) is 149 cm³/mol. The van der Waals surface area contributed by atoms with Crippen LogP contribution in [-0.2, 0) is 13.0 Å². The molecule has 6 rings (SSSR count). The molecule has 0 spiro atoms. The molecule has 0 saturated heterocycles. The first kappa shape index (κ1) is 23.6. The molecule has 6 nitrogen and oxygen atoms in total. The standard InChI is InChI=1S/C31H22N2O4S/c34-30(32-18-19-7-11-22(12-8-19)31(35)36)25-16-24(28-6-3-13-38-28)17-27-29(25)26(33-37-27)15-20-9-10-21-4-1-2-5-23(21)14-20/h1-14,16-17H,15,18H2,(H,32,34)(H,35,36). The van der Waals surface area contributed by atoms with Crippen molar-refractivity contribution in [1.29, 1.82) is 0 Å². The first-order valence-electron chi connectivity index (χ1n) is 12.1. The summed E-state index contributed by atoms with van der Waals surface area (Å²) in [5.41, 5.74) is 4.71. The van der Waals surface area contributed by atoms with Gasteiger partial charge in [-0.1, -0.05) is 65.8 Å². The summed E-state index contributed by atoms with van der Waals surface area (Å²) in [6, 6.07) is 28.7. The Morgan fingerprint density at radius 2 is 1.66 bits per heavy atom. The van der Waals surface area contributed by atoms with Crippen molar-refractivity contribution in [3.63, 3.8) is 0 Å². The maximum absolute atomic E-state index is 13.5. The van der Waals surface area contributed by atoms with E-state index < -0.39 is 5.97 Å². The number of fused-ring (bicyclic) bond motifs is 2. The summed E-state index contributed by atoms with van der Waals surface area (Å²) in [6.07, 6.45) is 0.521. The molecule has 7 heteroatoms. The van der Waals surface area contributed by atoms with Crippen molar-refractivity contribution in [3.8, 4) is 10.4 Å². The molecular weight excluding hydrogens is 496 g/mol. The number of hydrogen-bond donors (Lipinski definition) is 2. The molecule has 4 aromatic carbocycles. The van der Waals surface area contributed by atoms with E-state index in [1.165, 1.54) is 17.5 Å².